The molecule has 1 aliphatic rings. The van der Waals surface area contributed by atoms with Gasteiger partial charge in [0.1, 0.15) is 11.9 Å². The van der Waals surface area contributed by atoms with Crippen LogP contribution in [-0.4, -0.2) is 24.4 Å². The highest BCUT2D eigenvalue weighted by atomic mass is 79.9. The van der Waals surface area contributed by atoms with Gasteiger partial charge in [-0.15, -0.1) is 0 Å². The summed E-state index contributed by atoms with van der Waals surface area (Å²) in [5.41, 5.74) is 0.402. The molecule has 1 aliphatic heterocycles. The predicted molar refractivity (Wildman–Crippen MR) is 73.2 cm³/mol. The highest BCUT2D eigenvalue weighted by molar-refractivity contribution is 9.10. The number of carbonyl (C=O) groups excluding carboxylic acids is 2. The van der Waals surface area contributed by atoms with E-state index in [4.69, 9.17) is 0 Å². The number of nitrogens with zero attached hydrogens (tertiary/aromatic N) is 1. The SMILES string of the molecule is CC(C)C1C(=O)NCC(=O)N1c1ccc(Br)c(F)c1. The molecule has 6 heteroatoms. The summed E-state index contributed by atoms with van der Waals surface area (Å²) >= 11 is 3.07. The third-order valence-electron chi connectivity index (χ3n) is 3.04. The Bertz CT molecular complexity index is 533. The molecular formula is C13H14BrFN2O2. The molecule has 0 aromatic heterocycles. The number of hydrogen-bond donors (Lipinski definition) is 1. The molecule has 1 heterocycles. The Morgan fingerprint density at radius 2 is 2.11 bits per heavy atom. The van der Waals surface area contributed by atoms with Crippen LogP contribution < -0.4 is 10.2 Å². The van der Waals surface area contributed by atoms with Gasteiger partial charge in [-0.1, -0.05) is 13.8 Å². The van der Waals surface area contributed by atoms with Crippen LogP contribution >= 0.6 is 15.9 Å². The number of benzene rings is 1. The highest BCUT2D eigenvalue weighted by Crippen LogP contribution is 2.27. The summed E-state index contributed by atoms with van der Waals surface area (Å²) in [6.07, 6.45) is 0. The number of anilines is 1. The summed E-state index contributed by atoms with van der Waals surface area (Å²) in [4.78, 5) is 25.3. The van der Waals surface area contributed by atoms with Gasteiger partial charge >= 0.3 is 0 Å². The zero-order valence-electron chi connectivity index (χ0n) is 10.6. The Morgan fingerprint density at radius 3 is 2.68 bits per heavy atom. The van der Waals surface area contributed by atoms with Crippen LogP contribution in [0.5, 0.6) is 0 Å². The maximum Gasteiger partial charge on any atom is 0.247 e. The van der Waals surface area contributed by atoms with E-state index >= 15 is 0 Å². The van der Waals surface area contributed by atoms with Crippen molar-refractivity contribution in [1.82, 2.24) is 5.32 Å². The standard InChI is InChI=1S/C13H14BrFN2O2/c1-7(2)12-13(19)16-6-11(18)17(12)8-3-4-9(14)10(15)5-8/h3-5,7,12H,6H2,1-2H3,(H,16,19). The quantitative estimate of drug-likeness (QED) is 0.903. The van der Waals surface area contributed by atoms with Crippen LogP contribution in [0.2, 0.25) is 0 Å². The summed E-state index contributed by atoms with van der Waals surface area (Å²) in [6.45, 7) is 3.65. The van der Waals surface area contributed by atoms with Crippen LogP contribution in [0.4, 0.5) is 10.1 Å². The Balaban J connectivity index is 2.45. The van der Waals surface area contributed by atoms with Crippen LogP contribution in [0.15, 0.2) is 22.7 Å². The van der Waals surface area contributed by atoms with Crippen molar-refractivity contribution in [2.24, 2.45) is 5.92 Å². The second kappa shape index (κ2) is 5.28. The van der Waals surface area contributed by atoms with E-state index in [0.717, 1.165) is 0 Å². The van der Waals surface area contributed by atoms with Gasteiger partial charge in [-0.2, -0.15) is 0 Å². The smallest absolute Gasteiger partial charge is 0.247 e. The van der Waals surface area contributed by atoms with Crippen molar-refractivity contribution < 1.29 is 14.0 Å². The number of hydrogen-bond acceptors (Lipinski definition) is 2. The number of nitrogens with one attached hydrogen (secondary N) is 1. The average Bonchev–Trinajstić information content (AvgIpc) is 2.35. The minimum absolute atomic E-state index is 0.0558. The Kier molecular flexibility index (Phi) is 3.89. The molecule has 0 saturated carbocycles. The molecule has 2 amide bonds. The number of amides is 2. The zero-order valence-corrected chi connectivity index (χ0v) is 12.2. The lowest BCUT2D eigenvalue weighted by Crippen LogP contribution is -2.60. The van der Waals surface area contributed by atoms with Gasteiger partial charge in [0.2, 0.25) is 11.8 Å². The van der Waals surface area contributed by atoms with Crippen molar-refractivity contribution in [2.75, 3.05) is 11.4 Å². The van der Waals surface area contributed by atoms with Crippen LogP contribution in [0.1, 0.15) is 13.8 Å². The maximum absolute atomic E-state index is 13.6. The van der Waals surface area contributed by atoms with Gasteiger partial charge in [0.15, 0.2) is 0 Å². The molecular weight excluding hydrogens is 315 g/mol. The van der Waals surface area contributed by atoms with E-state index in [1.54, 1.807) is 6.07 Å². The topological polar surface area (TPSA) is 49.4 Å². The normalized spacial score (nSPS) is 19.8. The zero-order chi connectivity index (χ0) is 14.2. The predicted octanol–water partition coefficient (Wildman–Crippen LogP) is 2.08. The molecule has 1 unspecified atom stereocenters. The van der Waals surface area contributed by atoms with Crippen molar-refractivity contribution in [2.45, 2.75) is 19.9 Å². The molecule has 102 valence electrons. The third kappa shape index (κ3) is 2.63. The van der Waals surface area contributed by atoms with E-state index in [0.29, 0.717) is 10.2 Å². The molecule has 4 nitrogen and oxygen atoms in total. The number of piperazine rings is 1. The van der Waals surface area contributed by atoms with Crippen LogP contribution in [0, 0.1) is 11.7 Å². The Hall–Kier alpha value is -1.43. The van der Waals surface area contributed by atoms with Crippen molar-refractivity contribution >= 4 is 33.4 Å². The molecule has 1 N–H and O–H groups in total. The van der Waals surface area contributed by atoms with Gasteiger partial charge in [0.25, 0.3) is 0 Å². The van der Waals surface area contributed by atoms with E-state index in [9.17, 15) is 14.0 Å². The summed E-state index contributed by atoms with van der Waals surface area (Å²) in [5.74, 6) is -0.965. The van der Waals surface area contributed by atoms with Gasteiger partial charge in [0, 0.05) is 5.69 Å². The van der Waals surface area contributed by atoms with E-state index < -0.39 is 11.9 Å². The van der Waals surface area contributed by atoms with Crippen molar-refractivity contribution in [1.29, 1.82) is 0 Å². The van der Waals surface area contributed by atoms with Crippen LogP contribution in [0.25, 0.3) is 0 Å². The Morgan fingerprint density at radius 1 is 1.42 bits per heavy atom. The molecule has 1 aromatic carbocycles. The first-order chi connectivity index (χ1) is 8.91. The summed E-state index contributed by atoms with van der Waals surface area (Å²) < 4.78 is 13.9. The molecule has 0 spiro atoms. The van der Waals surface area contributed by atoms with Crippen molar-refractivity contribution in [3.8, 4) is 0 Å². The third-order valence-corrected chi connectivity index (χ3v) is 3.69. The minimum Gasteiger partial charge on any atom is -0.345 e. The molecule has 1 aromatic rings. The number of carbonyl (C=O) groups is 2. The molecule has 1 saturated heterocycles. The van der Waals surface area contributed by atoms with Gasteiger partial charge in [-0.3, -0.25) is 14.5 Å². The van der Waals surface area contributed by atoms with Gasteiger partial charge in [0.05, 0.1) is 11.0 Å². The van der Waals surface area contributed by atoms with Gasteiger partial charge < -0.3 is 5.32 Å². The fraction of sp³-hybridized carbons (Fsp3) is 0.385. The molecule has 1 fully saturated rings. The molecule has 1 atom stereocenters. The van der Waals surface area contributed by atoms with Crippen molar-refractivity contribution in [3.05, 3.63) is 28.5 Å². The number of halogens is 2. The molecule has 0 bridgehead atoms. The highest BCUT2D eigenvalue weighted by Gasteiger charge is 2.37. The van der Waals surface area contributed by atoms with Gasteiger partial charge in [-0.25, -0.2) is 4.39 Å². The van der Waals surface area contributed by atoms with Crippen LogP contribution in [-0.2, 0) is 9.59 Å². The fourth-order valence-electron chi connectivity index (χ4n) is 2.17. The van der Waals surface area contributed by atoms with Gasteiger partial charge in [-0.05, 0) is 40.0 Å². The van der Waals surface area contributed by atoms with E-state index in [2.05, 4.69) is 21.2 Å². The minimum atomic E-state index is -0.609. The summed E-state index contributed by atoms with van der Waals surface area (Å²) in [7, 11) is 0. The average molecular weight is 329 g/mol. The monoisotopic (exact) mass is 328 g/mol. The summed E-state index contributed by atoms with van der Waals surface area (Å²) in [5, 5.41) is 2.56. The maximum atomic E-state index is 13.6. The lowest BCUT2D eigenvalue weighted by Gasteiger charge is -2.37. The second-order valence-electron chi connectivity index (χ2n) is 4.77. The van der Waals surface area contributed by atoms with Crippen LogP contribution in [0.3, 0.4) is 0 Å². The largest absolute Gasteiger partial charge is 0.345 e. The molecule has 0 aliphatic carbocycles. The number of rotatable bonds is 2. The first-order valence-corrected chi connectivity index (χ1v) is 6.76. The molecule has 2 rings (SSSR count). The lowest BCUT2D eigenvalue weighted by atomic mass is 9.98. The first-order valence-electron chi connectivity index (χ1n) is 5.96. The lowest BCUT2D eigenvalue weighted by molar-refractivity contribution is -0.131. The van der Waals surface area contributed by atoms with E-state index in [-0.39, 0.29) is 24.3 Å². The van der Waals surface area contributed by atoms with E-state index in [1.807, 2.05) is 13.8 Å². The molecule has 19 heavy (non-hydrogen) atoms. The Labute approximate surface area is 119 Å². The second-order valence-corrected chi connectivity index (χ2v) is 5.62. The molecule has 0 radical (unpaired) electrons. The summed E-state index contributed by atoms with van der Waals surface area (Å²) in [6, 6.07) is 3.80. The van der Waals surface area contributed by atoms with Crippen molar-refractivity contribution in [3.63, 3.8) is 0 Å². The fourth-order valence-corrected chi connectivity index (χ4v) is 2.41. The first kappa shape index (κ1) is 14.0. The van der Waals surface area contributed by atoms with E-state index in [1.165, 1.54) is 17.0 Å².